The van der Waals surface area contributed by atoms with Crippen LogP contribution in [0.25, 0.3) is 10.9 Å². The minimum Gasteiger partial charge on any atom is -0.356 e. The second-order valence-electron chi connectivity index (χ2n) is 9.04. The molecular weight excluding hydrogens is 447 g/mol. The molecule has 6 heteroatoms. The third-order valence-electron chi connectivity index (χ3n) is 6.44. The Morgan fingerprint density at radius 1 is 1.14 bits per heavy atom. The van der Waals surface area contributed by atoms with Crippen LogP contribution in [0.4, 0.5) is 4.39 Å². The predicted octanol–water partition coefficient (Wildman–Crippen LogP) is 7.21. The minimum absolute atomic E-state index is 0.148. The van der Waals surface area contributed by atoms with Crippen molar-refractivity contribution in [1.29, 1.82) is 0 Å². The van der Waals surface area contributed by atoms with Gasteiger partial charge in [0, 0.05) is 18.1 Å². The number of rotatable bonds is 4. The second kappa shape index (κ2) is 8.91. The van der Waals surface area contributed by atoms with Gasteiger partial charge in [-0.05, 0) is 57.9 Å². The molecule has 1 aliphatic rings. The average Bonchev–Trinajstić information content (AvgIpc) is 3.00. The zero-order valence-electron chi connectivity index (χ0n) is 18.4. The van der Waals surface area contributed by atoms with Gasteiger partial charge in [-0.25, -0.2) is 9.07 Å². The SMILES string of the molecule is CC(C)[Si](C#Cc1nn(C2CCCCO2)c2cc(F)c(Br)cc12)(C(C)C)C(C)C. The van der Waals surface area contributed by atoms with Crippen LogP contribution in [0.2, 0.25) is 16.6 Å². The van der Waals surface area contributed by atoms with Crippen LogP contribution in [0, 0.1) is 17.3 Å². The van der Waals surface area contributed by atoms with Crippen molar-refractivity contribution in [2.75, 3.05) is 6.61 Å². The van der Waals surface area contributed by atoms with Crippen molar-refractivity contribution in [3.63, 3.8) is 0 Å². The third kappa shape index (κ3) is 4.19. The van der Waals surface area contributed by atoms with Crippen molar-refractivity contribution in [2.45, 2.75) is 83.7 Å². The van der Waals surface area contributed by atoms with Crippen molar-refractivity contribution in [1.82, 2.24) is 9.78 Å². The number of hydrogen-bond donors (Lipinski definition) is 0. The molecular formula is C23H32BrFN2OSi. The topological polar surface area (TPSA) is 27.1 Å². The van der Waals surface area contributed by atoms with Crippen molar-refractivity contribution < 1.29 is 9.13 Å². The molecule has 0 saturated carbocycles. The monoisotopic (exact) mass is 478 g/mol. The normalized spacial score (nSPS) is 18.0. The number of aromatic nitrogens is 2. The standard InChI is InChI=1S/C23H32BrFN2OSi/c1-15(2)29(16(3)4,17(5)6)12-10-21-18-13-19(24)20(25)14-22(18)27(26-21)23-9-7-8-11-28-23/h13-17,23H,7-9,11H2,1-6H3. The summed E-state index contributed by atoms with van der Waals surface area (Å²) >= 11 is 3.33. The van der Waals surface area contributed by atoms with Crippen LogP contribution in [0.3, 0.4) is 0 Å². The Labute approximate surface area is 183 Å². The zero-order chi connectivity index (χ0) is 21.3. The van der Waals surface area contributed by atoms with Crippen LogP contribution in [-0.2, 0) is 4.74 Å². The van der Waals surface area contributed by atoms with E-state index < -0.39 is 8.07 Å². The summed E-state index contributed by atoms with van der Waals surface area (Å²) in [6.45, 7) is 14.5. The molecule has 1 saturated heterocycles. The third-order valence-corrected chi connectivity index (χ3v) is 13.3. The molecule has 2 aromatic rings. The Kier molecular flexibility index (Phi) is 6.92. The highest BCUT2D eigenvalue weighted by atomic mass is 79.9. The molecule has 1 fully saturated rings. The van der Waals surface area contributed by atoms with Crippen LogP contribution < -0.4 is 0 Å². The first-order valence-electron chi connectivity index (χ1n) is 10.7. The lowest BCUT2D eigenvalue weighted by atomic mass is 10.1. The molecule has 1 unspecified atom stereocenters. The molecule has 0 N–H and O–H groups in total. The quantitative estimate of drug-likeness (QED) is 0.342. The molecule has 2 heterocycles. The van der Waals surface area contributed by atoms with E-state index in [1.54, 1.807) is 6.07 Å². The lowest BCUT2D eigenvalue weighted by Gasteiger charge is -2.38. The molecule has 0 aliphatic carbocycles. The zero-order valence-corrected chi connectivity index (χ0v) is 20.9. The highest BCUT2D eigenvalue weighted by Crippen LogP contribution is 2.41. The van der Waals surface area contributed by atoms with Crippen LogP contribution >= 0.6 is 15.9 Å². The fourth-order valence-electron chi connectivity index (χ4n) is 4.96. The predicted molar refractivity (Wildman–Crippen MR) is 124 cm³/mol. The molecule has 0 bridgehead atoms. The summed E-state index contributed by atoms with van der Waals surface area (Å²) in [5.74, 6) is 3.17. The van der Waals surface area contributed by atoms with E-state index in [1.165, 1.54) is 0 Å². The van der Waals surface area contributed by atoms with E-state index in [2.05, 4.69) is 68.9 Å². The molecule has 29 heavy (non-hydrogen) atoms. The van der Waals surface area contributed by atoms with Crippen molar-refractivity contribution in [3.8, 4) is 11.5 Å². The van der Waals surface area contributed by atoms with Gasteiger partial charge >= 0.3 is 0 Å². The van der Waals surface area contributed by atoms with E-state index in [0.29, 0.717) is 21.1 Å². The lowest BCUT2D eigenvalue weighted by Crippen LogP contribution is -2.43. The van der Waals surface area contributed by atoms with E-state index in [0.717, 1.165) is 42.5 Å². The molecule has 3 rings (SSSR count). The summed E-state index contributed by atoms with van der Waals surface area (Å²) in [6.07, 6.45) is 2.90. The summed E-state index contributed by atoms with van der Waals surface area (Å²) in [5.41, 5.74) is 6.89. The average molecular weight is 480 g/mol. The fourth-order valence-corrected chi connectivity index (χ4v) is 10.5. The van der Waals surface area contributed by atoms with Crippen LogP contribution in [0.5, 0.6) is 0 Å². The first-order chi connectivity index (χ1) is 13.7. The largest absolute Gasteiger partial charge is 0.356 e. The molecule has 0 radical (unpaired) electrons. The fraction of sp³-hybridized carbons (Fsp3) is 0.609. The second-order valence-corrected chi connectivity index (χ2v) is 15.5. The first kappa shape index (κ1) is 22.5. The van der Waals surface area contributed by atoms with E-state index >= 15 is 0 Å². The van der Waals surface area contributed by atoms with Crippen molar-refractivity contribution in [3.05, 3.63) is 28.1 Å². The van der Waals surface area contributed by atoms with Crippen LogP contribution in [0.15, 0.2) is 16.6 Å². The molecule has 0 spiro atoms. The maximum Gasteiger partial charge on any atom is 0.150 e. The first-order valence-corrected chi connectivity index (χ1v) is 13.7. The van der Waals surface area contributed by atoms with Crippen molar-refractivity contribution in [2.24, 2.45) is 0 Å². The summed E-state index contributed by atoms with van der Waals surface area (Å²) in [6, 6.07) is 3.36. The van der Waals surface area contributed by atoms with Crippen LogP contribution in [-0.4, -0.2) is 24.5 Å². The Morgan fingerprint density at radius 2 is 1.79 bits per heavy atom. The Bertz CT molecular complexity index is 914. The molecule has 3 nitrogen and oxygen atoms in total. The number of ether oxygens (including phenoxy) is 1. The van der Waals surface area contributed by atoms with Gasteiger partial charge in [-0.15, -0.1) is 5.54 Å². The number of nitrogens with zero attached hydrogens (tertiary/aromatic N) is 2. The Morgan fingerprint density at radius 3 is 2.34 bits per heavy atom. The maximum absolute atomic E-state index is 14.3. The van der Waals surface area contributed by atoms with Gasteiger partial charge in [-0.2, -0.15) is 5.10 Å². The molecule has 1 atom stereocenters. The van der Waals surface area contributed by atoms with Crippen molar-refractivity contribution >= 4 is 34.9 Å². The van der Waals surface area contributed by atoms with Gasteiger partial charge in [0.15, 0.2) is 6.23 Å². The molecule has 1 aliphatic heterocycles. The van der Waals surface area contributed by atoms with E-state index in [1.807, 2.05) is 10.7 Å². The summed E-state index contributed by atoms with van der Waals surface area (Å²) in [4.78, 5) is 0. The molecule has 1 aromatic heterocycles. The van der Waals surface area contributed by atoms with Gasteiger partial charge < -0.3 is 4.74 Å². The van der Waals surface area contributed by atoms with E-state index in [4.69, 9.17) is 9.84 Å². The number of hydrogen-bond acceptors (Lipinski definition) is 2. The number of benzene rings is 1. The van der Waals surface area contributed by atoms with Gasteiger partial charge in [0.2, 0.25) is 0 Å². The highest BCUT2D eigenvalue weighted by molar-refractivity contribution is 9.10. The molecule has 1 aromatic carbocycles. The minimum atomic E-state index is -1.88. The number of fused-ring (bicyclic) bond motifs is 1. The Balaban J connectivity index is 2.18. The smallest absolute Gasteiger partial charge is 0.150 e. The molecule has 0 amide bonds. The lowest BCUT2D eigenvalue weighted by molar-refractivity contribution is -0.0367. The van der Waals surface area contributed by atoms with Gasteiger partial charge in [0.1, 0.15) is 19.6 Å². The van der Waals surface area contributed by atoms with Gasteiger partial charge in [0.25, 0.3) is 0 Å². The molecule has 158 valence electrons. The number of halogens is 2. The summed E-state index contributed by atoms with van der Waals surface area (Å²) < 4.78 is 22.6. The van der Waals surface area contributed by atoms with E-state index in [9.17, 15) is 4.39 Å². The summed E-state index contributed by atoms with van der Waals surface area (Å²) in [5, 5.41) is 5.72. The summed E-state index contributed by atoms with van der Waals surface area (Å²) in [7, 11) is -1.88. The van der Waals surface area contributed by atoms with Crippen LogP contribution in [0.1, 0.15) is 72.7 Å². The maximum atomic E-state index is 14.3. The highest BCUT2D eigenvalue weighted by Gasteiger charge is 2.41. The van der Waals surface area contributed by atoms with E-state index in [-0.39, 0.29) is 12.0 Å². The van der Waals surface area contributed by atoms with Gasteiger partial charge in [-0.3, -0.25) is 0 Å². The van der Waals surface area contributed by atoms with Gasteiger partial charge in [-0.1, -0.05) is 47.5 Å². The Hall–Kier alpha value is -1.16. The van der Waals surface area contributed by atoms with Gasteiger partial charge in [0.05, 0.1) is 9.99 Å².